The third kappa shape index (κ3) is 2.61. The molecule has 0 atom stereocenters. The average molecular weight is 341 g/mol. The summed E-state index contributed by atoms with van der Waals surface area (Å²) in [6.07, 6.45) is 2.97. The minimum Gasteiger partial charge on any atom is -0.464 e. The van der Waals surface area contributed by atoms with Crippen LogP contribution >= 0.6 is 11.6 Å². The van der Waals surface area contributed by atoms with Gasteiger partial charge in [-0.1, -0.05) is 22.8 Å². The topological polar surface area (TPSA) is 97.8 Å². The molecule has 1 aromatic carbocycles. The van der Waals surface area contributed by atoms with E-state index in [2.05, 4.69) is 24.6 Å². The molecule has 24 heavy (non-hydrogen) atoms. The number of hydrogen-bond donors (Lipinski definition) is 1. The Kier molecular flexibility index (Phi) is 3.47. The highest BCUT2D eigenvalue weighted by molar-refractivity contribution is 6.33. The summed E-state index contributed by atoms with van der Waals surface area (Å²) in [7, 11) is 0. The predicted octanol–water partition coefficient (Wildman–Crippen LogP) is 3.40. The summed E-state index contributed by atoms with van der Waals surface area (Å²) in [4.78, 5) is 21.8. The van der Waals surface area contributed by atoms with Crippen LogP contribution in [0, 0.1) is 0 Å². The van der Waals surface area contributed by atoms with Gasteiger partial charge in [0.25, 0.3) is 0 Å². The molecule has 0 amide bonds. The Labute approximate surface area is 139 Å². The van der Waals surface area contributed by atoms with Crippen LogP contribution in [0.1, 0.15) is 0 Å². The molecule has 1 N–H and O–H groups in total. The highest BCUT2D eigenvalue weighted by Gasteiger charge is 2.11. The monoisotopic (exact) mass is 340 g/mol. The number of nitrogens with zero attached hydrogens (tertiary/aromatic N) is 3. The summed E-state index contributed by atoms with van der Waals surface area (Å²) in [5.41, 5.74) is 2.67. The fourth-order valence-corrected chi connectivity index (χ4v) is 2.56. The molecule has 0 radical (unpaired) electrons. The van der Waals surface area contributed by atoms with Crippen molar-refractivity contribution in [2.24, 2.45) is 0 Å². The van der Waals surface area contributed by atoms with E-state index in [4.69, 9.17) is 16.0 Å². The van der Waals surface area contributed by atoms with Gasteiger partial charge in [0.1, 0.15) is 17.8 Å². The van der Waals surface area contributed by atoms with Gasteiger partial charge < -0.3 is 4.42 Å². The van der Waals surface area contributed by atoms with E-state index in [1.54, 1.807) is 24.5 Å². The van der Waals surface area contributed by atoms with E-state index < -0.39 is 5.76 Å². The van der Waals surface area contributed by atoms with E-state index in [0.717, 1.165) is 11.1 Å². The lowest BCUT2D eigenvalue weighted by atomic mass is 10.1. The van der Waals surface area contributed by atoms with Crippen LogP contribution in [0.4, 0.5) is 0 Å². The number of nitrogens with one attached hydrogen (secondary N) is 1. The first-order valence-corrected chi connectivity index (χ1v) is 7.31. The zero-order valence-electron chi connectivity index (χ0n) is 12.1. The van der Waals surface area contributed by atoms with Crippen molar-refractivity contribution in [1.82, 2.24) is 20.1 Å². The lowest BCUT2D eigenvalue weighted by Crippen LogP contribution is -1.96. The van der Waals surface area contributed by atoms with Crippen molar-refractivity contribution < 1.29 is 8.94 Å². The lowest BCUT2D eigenvalue weighted by molar-refractivity contribution is 0.387. The number of H-pyrrole nitrogens is 1. The van der Waals surface area contributed by atoms with Crippen molar-refractivity contribution in [2.45, 2.75) is 0 Å². The summed E-state index contributed by atoms with van der Waals surface area (Å²) < 4.78 is 9.85. The van der Waals surface area contributed by atoms with Gasteiger partial charge in [0.15, 0.2) is 0 Å². The first-order chi connectivity index (χ1) is 11.7. The van der Waals surface area contributed by atoms with Gasteiger partial charge in [0, 0.05) is 11.1 Å². The Bertz CT molecular complexity index is 1050. The first-order valence-electron chi connectivity index (χ1n) is 6.93. The highest BCUT2D eigenvalue weighted by atomic mass is 35.5. The van der Waals surface area contributed by atoms with E-state index in [-0.39, 0.29) is 5.82 Å². The molecule has 0 saturated carbocycles. The summed E-state index contributed by atoms with van der Waals surface area (Å²) in [6.45, 7) is 0. The molecule has 3 heterocycles. The highest BCUT2D eigenvalue weighted by Crippen LogP contribution is 2.32. The molecule has 3 aromatic heterocycles. The van der Waals surface area contributed by atoms with E-state index in [1.165, 1.54) is 6.33 Å². The molecule has 4 rings (SSSR count). The van der Waals surface area contributed by atoms with Crippen molar-refractivity contribution in [2.75, 3.05) is 0 Å². The van der Waals surface area contributed by atoms with Gasteiger partial charge in [-0.3, -0.25) is 9.51 Å². The minimum atomic E-state index is -0.643. The van der Waals surface area contributed by atoms with Crippen molar-refractivity contribution in [3.8, 4) is 34.1 Å². The fourth-order valence-electron chi connectivity index (χ4n) is 2.29. The van der Waals surface area contributed by atoms with Crippen LogP contribution in [0.2, 0.25) is 5.02 Å². The smallest absolute Gasteiger partial charge is 0.439 e. The van der Waals surface area contributed by atoms with Gasteiger partial charge in [0.2, 0.25) is 5.82 Å². The van der Waals surface area contributed by atoms with Gasteiger partial charge in [-0.2, -0.15) is 0 Å². The van der Waals surface area contributed by atoms with Crippen LogP contribution in [-0.2, 0) is 0 Å². The average Bonchev–Trinajstić information content (AvgIpc) is 3.26. The molecule has 0 aliphatic rings. The molecule has 0 fully saturated rings. The zero-order valence-corrected chi connectivity index (χ0v) is 12.8. The second kappa shape index (κ2) is 5.78. The number of benzene rings is 1. The van der Waals surface area contributed by atoms with Crippen molar-refractivity contribution in [3.05, 3.63) is 64.6 Å². The third-order valence-corrected chi connectivity index (χ3v) is 3.71. The SMILES string of the molecule is O=c1[nH]c(-c2cc(-c3ccc(-c4ccco4)c(Cl)c3)ncn2)no1. The molecule has 0 spiro atoms. The molecule has 0 saturated heterocycles. The molecular formula is C16H9ClN4O3. The van der Waals surface area contributed by atoms with Gasteiger partial charge in [0.05, 0.1) is 17.0 Å². The summed E-state index contributed by atoms with van der Waals surface area (Å²) in [5, 5.41) is 4.15. The number of aromatic nitrogens is 4. The zero-order chi connectivity index (χ0) is 16.5. The van der Waals surface area contributed by atoms with Gasteiger partial charge in [-0.15, -0.1) is 0 Å². The Morgan fingerprint density at radius 1 is 1.08 bits per heavy atom. The van der Waals surface area contributed by atoms with Crippen molar-refractivity contribution >= 4 is 11.6 Å². The van der Waals surface area contributed by atoms with E-state index in [1.807, 2.05) is 18.2 Å². The molecular weight excluding hydrogens is 332 g/mol. The third-order valence-electron chi connectivity index (χ3n) is 3.40. The number of hydrogen-bond acceptors (Lipinski definition) is 6. The first kappa shape index (κ1) is 14.4. The molecule has 0 unspecified atom stereocenters. The quantitative estimate of drug-likeness (QED) is 0.613. The Morgan fingerprint density at radius 2 is 1.96 bits per heavy atom. The van der Waals surface area contributed by atoms with Crippen LogP contribution in [0.5, 0.6) is 0 Å². The Balaban J connectivity index is 1.74. The van der Waals surface area contributed by atoms with Gasteiger partial charge >= 0.3 is 5.76 Å². The van der Waals surface area contributed by atoms with Crippen LogP contribution in [0.15, 0.2) is 62.7 Å². The molecule has 0 bridgehead atoms. The Morgan fingerprint density at radius 3 is 2.67 bits per heavy atom. The lowest BCUT2D eigenvalue weighted by Gasteiger charge is -2.06. The largest absolute Gasteiger partial charge is 0.464 e. The maximum atomic E-state index is 11.1. The maximum Gasteiger partial charge on any atom is 0.439 e. The number of rotatable bonds is 3. The minimum absolute atomic E-state index is 0.238. The second-order valence-electron chi connectivity index (χ2n) is 4.90. The van der Waals surface area contributed by atoms with Crippen molar-refractivity contribution in [1.29, 1.82) is 0 Å². The van der Waals surface area contributed by atoms with Crippen molar-refractivity contribution in [3.63, 3.8) is 0 Å². The van der Waals surface area contributed by atoms with Crippen LogP contribution in [-0.4, -0.2) is 20.1 Å². The summed E-state index contributed by atoms with van der Waals surface area (Å²) >= 11 is 6.35. The maximum absolute atomic E-state index is 11.1. The molecule has 0 aliphatic heterocycles. The number of halogens is 1. The van der Waals surface area contributed by atoms with E-state index >= 15 is 0 Å². The number of aromatic amines is 1. The second-order valence-corrected chi connectivity index (χ2v) is 5.31. The normalized spacial score (nSPS) is 10.9. The van der Waals surface area contributed by atoms with E-state index in [9.17, 15) is 4.79 Å². The predicted molar refractivity (Wildman–Crippen MR) is 86.3 cm³/mol. The van der Waals surface area contributed by atoms with E-state index in [0.29, 0.717) is 22.2 Å². The van der Waals surface area contributed by atoms with Crippen LogP contribution in [0.25, 0.3) is 34.1 Å². The molecule has 118 valence electrons. The molecule has 8 heteroatoms. The standard InChI is InChI=1S/C16H9ClN4O3/c17-11-6-9(3-4-10(11)14-2-1-5-23-14)12-7-13(19-8-18-12)15-20-16(22)24-21-15/h1-8H,(H,20,21,22). The molecule has 4 aromatic rings. The summed E-state index contributed by atoms with van der Waals surface area (Å²) in [5.74, 6) is 0.285. The molecule has 7 nitrogen and oxygen atoms in total. The number of furan rings is 1. The van der Waals surface area contributed by atoms with Crippen LogP contribution < -0.4 is 5.76 Å². The Hall–Kier alpha value is -3.19. The van der Waals surface area contributed by atoms with Crippen LogP contribution in [0.3, 0.4) is 0 Å². The molecule has 0 aliphatic carbocycles. The van der Waals surface area contributed by atoms with Gasteiger partial charge in [-0.05, 0) is 30.3 Å². The summed E-state index contributed by atoms with van der Waals surface area (Å²) in [6, 6.07) is 10.8. The van der Waals surface area contributed by atoms with Gasteiger partial charge in [-0.25, -0.2) is 14.8 Å². The fraction of sp³-hybridized carbons (Fsp3) is 0.